The van der Waals surface area contributed by atoms with E-state index in [4.69, 9.17) is 10.2 Å². The van der Waals surface area contributed by atoms with E-state index in [9.17, 15) is 73.8 Å². The van der Waals surface area contributed by atoms with Crippen molar-refractivity contribution in [2.75, 3.05) is 32.7 Å². The molecule has 22 heteroatoms. The number of phenols is 2. The number of ketones is 1. The number of unbranched alkanes of at least 4 members (excludes halogenated alkanes) is 4. The van der Waals surface area contributed by atoms with Gasteiger partial charge in [-0.2, -0.15) is 0 Å². The van der Waals surface area contributed by atoms with Gasteiger partial charge in [0.1, 0.15) is 29.4 Å². The Morgan fingerprint density at radius 1 is 0.507 bits per heavy atom. The standard InChI is InChI=1S/C45H63N5O17/c51-33(7-3-1-2-4-9-38(54)46-20-6-5-8-34(43(63)64)47-45(67)48-35(44(65)66)15-19-40(57)58)14-10-29-11-16-36(52)31(23-29)25-49(27-41(59)60)21-22-50(28-42(61)62)26-32-24-30(12-17-37(32)53)13-18-39(55)56/h11-12,16-17,23-24,34-35,52-53H,1-10,13-15,18-22,25-28H2,(H,46,54)(H,55,56)(H,57,58)(H,59,60)(H,61,62)(H,63,64)(H,65,66)(H2,47,48,67). The third-order valence-corrected chi connectivity index (χ3v) is 10.6. The number of aromatic hydroxyl groups is 2. The van der Waals surface area contributed by atoms with Gasteiger partial charge in [-0.15, -0.1) is 0 Å². The van der Waals surface area contributed by atoms with Gasteiger partial charge in [0, 0.05) is 76.0 Å². The zero-order valence-corrected chi connectivity index (χ0v) is 37.3. The van der Waals surface area contributed by atoms with Gasteiger partial charge in [-0.3, -0.25) is 38.6 Å². The first-order valence-electron chi connectivity index (χ1n) is 22.0. The van der Waals surface area contributed by atoms with E-state index in [1.54, 1.807) is 24.3 Å². The summed E-state index contributed by atoms with van der Waals surface area (Å²) >= 11 is 0. The third-order valence-electron chi connectivity index (χ3n) is 10.6. The lowest BCUT2D eigenvalue weighted by Crippen LogP contribution is -2.51. The zero-order valence-electron chi connectivity index (χ0n) is 37.3. The fraction of sp³-hybridized carbons (Fsp3) is 0.533. The predicted molar refractivity (Wildman–Crippen MR) is 237 cm³/mol. The Bertz CT molecular complexity index is 2010. The summed E-state index contributed by atoms with van der Waals surface area (Å²) in [6.07, 6.45) is 3.74. The molecule has 2 rings (SSSR count). The maximum Gasteiger partial charge on any atom is 0.326 e. The van der Waals surface area contributed by atoms with E-state index in [1.165, 1.54) is 21.9 Å². The highest BCUT2D eigenvalue weighted by Gasteiger charge is 2.25. The first-order valence-corrected chi connectivity index (χ1v) is 22.0. The Morgan fingerprint density at radius 2 is 0.985 bits per heavy atom. The van der Waals surface area contributed by atoms with Gasteiger partial charge >= 0.3 is 41.8 Å². The van der Waals surface area contributed by atoms with Crippen LogP contribution < -0.4 is 16.0 Å². The van der Waals surface area contributed by atoms with E-state index >= 15 is 0 Å². The van der Waals surface area contributed by atoms with Gasteiger partial charge in [0.05, 0.1) is 13.1 Å². The number of Topliss-reactive ketones (excluding diaryl/α,β-unsaturated/α-hetero) is 1. The molecule has 67 heavy (non-hydrogen) atoms. The smallest absolute Gasteiger partial charge is 0.326 e. The number of hydrogen-bond acceptors (Lipinski definition) is 13. The minimum Gasteiger partial charge on any atom is -0.508 e. The van der Waals surface area contributed by atoms with Crippen molar-refractivity contribution in [3.8, 4) is 11.5 Å². The summed E-state index contributed by atoms with van der Waals surface area (Å²) in [5, 5.41) is 83.6. The molecule has 0 radical (unpaired) electrons. The summed E-state index contributed by atoms with van der Waals surface area (Å²) in [7, 11) is 0. The van der Waals surface area contributed by atoms with Crippen LogP contribution in [0.25, 0.3) is 0 Å². The molecular formula is C45H63N5O17. The molecule has 2 aromatic carbocycles. The zero-order chi connectivity index (χ0) is 49.9. The first-order chi connectivity index (χ1) is 31.7. The second kappa shape index (κ2) is 30.4. The normalized spacial score (nSPS) is 12.0. The quantitative estimate of drug-likeness (QED) is 0.0437. The Balaban J connectivity index is 1.75. The summed E-state index contributed by atoms with van der Waals surface area (Å²) in [6.45, 7) is -0.443. The molecule has 0 saturated carbocycles. The molecule has 0 fully saturated rings. The average molecular weight is 946 g/mol. The number of aryl methyl sites for hydroxylation is 2. The number of amides is 3. The number of carbonyl (C=O) groups excluding carboxylic acids is 3. The molecule has 2 unspecified atom stereocenters. The van der Waals surface area contributed by atoms with Crippen molar-refractivity contribution in [2.45, 2.75) is 121 Å². The van der Waals surface area contributed by atoms with Crippen LogP contribution >= 0.6 is 0 Å². The summed E-state index contributed by atoms with van der Waals surface area (Å²) < 4.78 is 0. The van der Waals surface area contributed by atoms with Crippen LogP contribution in [0.2, 0.25) is 0 Å². The van der Waals surface area contributed by atoms with E-state index in [0.29, 0.717) is 61.6 Å². The number of benzene rings is 2. The van der Waals surface area contributed by atoms with Crippen LogP contribution in [0, 0.1) is 0 Å². The number of carboxylic acids is 6. The van der Waals surface area contributed by atoms with E-state index in [2.05, 4.69) is 16.0 Å². The van der Waals surface area contributed by atoms with Crippen molar-refractivity contribution in [1.82, 2.24) is 25.8 Å². The molecular weight excluding hydrogens is 883 g/mol. The summed E-state index contributed by atoms with van der Waals surface area (Å²) in [5.74, 6) is -7.71. The summed E-state index contributed by atoms with van der Waals surface area (Å²) in [4.78, 5) is 108. The Hall–Kier alpha value is -6.81. The number of carbonyl (C=O) groups is 9. The van der Waals surface area contributed by atoms with Crippen molar-refractivity contribution in [3.63, 3.8) is 0 Å². The second-order valence-electron chi connectivity index (χ2n) is 16.2. The molecule has 0 bridgehead atoms. The molecule has 3 amide bonds. The highest BCUT2D eigenvalue weighted by atomic mass is 16.4. The predicted octanol–water partition coefficient (Wildman–Crippen LogP) is 2.79. The highest BCUT2D eigenvalue weighted by molar-refractivity contribution is 5.86. The number of urea groups is 1. The lowest BCUT2D eigenvalue weighted by atomic mass is 10.0. The van der Waals surface area contributed by atoms with Crippen LogP contribution in [0.1, 0.15) is 106 Å². The largest absolute Gasteiger partial charge is 0.508 e. The minimum atomic E-state index is -1.52. The number of rotatable bonds is 36. The topological polar surface area (TPSA) is 358 Å². The van der Waals surface area contributed by atoms with Crippen LogP contribution in [0.4, 0.5) is 4.79 Å². The van der Waals surface area contributed by atoms with Gasteiger partial charge in [0.2, 0.25) is 5.91 Å². The summed E-state index contributed by atoms with van der Waals surface area (Å²) in [5.41, 5.74) is 2.19. The van der Waals surface area contributed by atoms with Crippen molar-refractivity contribution >= 4 is 53.5 Å². The van der Waals surface area contributed by atoms with Gasteiger partial charge in [-0.05, 0) is 74.6 Å². The summed E-state index contributed by atoms with van der Waals surface area (Å²) in [6, 6.07) is 5.51. The SMILES string of the molecule is O=C(O)CCc1ccc(O)c(CN(CCN(CC(=O)O)Cc2cc(CCC(=O)CCCCCCC(=O)NCCCCC(NC(=O)NC(CCC(=O)O)C(=O)O)C(=O)O)ccc2O)CC(=O)O)c1. The number of phenolic OH excluding ortho intramolecular Hbond substituents is 2. The first kappa shape index (κ1) is 56.3. The van der Waals surface area contributed by atoms with Crippen molar-refractivity contribution in [3.05, 3.63) is 58.7 Å². The number of hydrogen-bond donors (Lipinski definition) is 11. The van der Waals surface area contributed by atoms with Gasteiger partial charge in [-0.1, -0.05) is 37.1 Å². The molecule has 2 atom stereocenters. The number of nitrogens with zero attached hydrogens (tertiary/aromatic N) is 2. The van der Waals surface area contributed by atoms with Gasteiger partial charge in [0.25, 0.3) is 0 Å². The number of carboxylic acid groups (broad SMARTS) is 6. The molecule has 0 aliphatic heterocycles. The van der Waals surface area contributed by atoms with E-state index in [-0.39, 0.29) is 94.4 Å². The van der Waals surface area contributed by atoms with E-state index in [0.717, 1.165) is 12.0 Å². The lowest BCUT2D eigenvalue weighted by molar-refractivity contribution is -0.141. The fourth-order valence-corrected chi connectivity index (χ4v) is 6.97. The molecule has 0 aliphatic carbocycles. The maximum atomic E-state index is 12.7. The van der Waals surface area contributed by atoms with Gasteiger partial charge in [-0.25, -0.2) is 14.4 Å². The van der Waals surface area contributed by atoms with Gasteiger partial charge < -0.3 is 56.8 Å². The molecule has 0 saturated heterocycles. The van der Waals surface area contributed by atoms with Gasteiger partial charge in [0.15, 0.2) is 0 Å². The maximum absolute atomic E-state index is 12.7. The van der Waals surface area contributed by atoms with Crippen LogP contribution in [0.5, 0.6) is 11.5 Å². The monoisotopic (exact) mass is 945 g/mol. The molecule has 0 spiro atoms. The lowest BCUT2D eigenvalue weighted by Gasteiger charge is -2.26. The number of aliphatic carboxylic acids is 6. The van der Waals surface area contributed by atoms with Crippen molar-refractivity contribution in [1.29, 1.82) is 0 Å². The number of nitrogens with one attached hydrogen (secondary N) is 3. The molecule has 370 valence electrons. The minimum absolute atomic E-state index is 0.000333. The Labute approximate surface area is 387 Å². The molecule has 0 aromatic heterocycles. The van der Waals surface area contributed by atoms with Crippen LogP contribution in [-0.4, -0.2) is 149 Å². The Morgan fingerprint density at radius 3 is 1.46 bits per heavy atom. The van der Waals surface area contributed by atoms with E-state index in [1.807, 2.05) is 0 Å². The second-order valence-corrected chi connectivity index (χ2v) is 16.2. The van der Waals surface area contributed by atoms with Crippen molar-refractivity contribution < 1.29 is 84.0 Å². The molecule has 2 aromatic rings. The fourth-order valence-electron chi connectivity index (χ4n) is 6.97. The average Bonchev–Trinajstić information content (AvgIpc) is 3.24. The van der Waals surface area contributed by atoms with E-state index < -0.39 is 73.4 Å². The van der Waals surface area contributed by atoms with Crippen molar-refractivity contribution in [2.24, 2.45) is 0 Å². The third kappa shape index (κ3) is 24.9. The Kier molecular flexibility index (Phi) is 25.6. The molecule has 22 nitrogen and oxygen atoms in total. The molecule has 0 heterocycles. The van der Waals surface area contributed by atoms with Crippen LogP contribution in [0.15, 0.2) is 36.4 Å². The molecule has 11 N–H and O–H groups in total. The molecule has 0 aliphatic rings. The van der Waals surface area contributed by atoms with Crippen LogP contribution in [-0.2, 0) is 64.3 Å². The van der Waals surface area contributed by atoms with Crippen LogP contribution in [0.3, 0.4) is 0 Å². The highest BCUT2D eigenvalue weighted by Crippen LogP contribution is 2.24.